The van der Waals surface area contributed by atoms with Gasteiger partial charge >= 0.3 is 0 Å². The van der Waals surface area contributed by atoms with Crippen molar-refractivity contribution in [3.05, 3.63) is 0 Å². The summed E-state index contributed by atoms with van der Waals surface area (Å²) in [5.74, 6) is 2.10. The summed E-state index contributed by atoms with van der Waals surface area (Å²) in [5.41, 5.74) is 0. The van der Waals surface area contributed by atoms with E-state index in [-0.39, 0.29) is 29.9 Å². The lowest BCUT2D eigenvalue weighted by Crippen LogP contribution is -2.50. The quantitative estimate of drug-likeness (QED) is 0.243. The molecule has 152 valence electrons. The van der Waals surface area contributed by atoms with Gasteiger partial charge in [-0.05, 0) is 12.3 Å². The van der Waals surface area contributed by atoms with E-state index in [2.05, 4.69) is 20.5 Å². The first kappa shape index (κ1) is 23.5. The Hall–Kier alpha value is -0.570. The van der Waals surface area contributed by atoms with E-state index in [1.807, 2.05) is 11.9 Å². The summed E-state index contributed by atoms with van der Waals surface area (Å²) in [7, 11) is 1.83. The third-order valence-corrected chi connectivity index (χ3v) is 5.57. The van der Waals surface area contributed by atoms with Gasteiger partial charge in [-0.3, -0.25) is 14.7 Å². The second-order valence-electron chi connectivity index (χ2n) is 7.42. The predicted molar refractivity (Wildman–Crippen MR) is 119 cm³/mol. The summed E-state index contributed by atoms with van der Waals surface area (Å²) in [5, 5.41) is 6.82. The van der Waals surface area contributed by atoms with Gasteiger partial charge in [0.2, 0.25) is 5.91 Å². The Morgan fingerprint density at radius 2 is 1.69 bits per heavy atom. The van der Waals surface area contributed by atoms with Crippen molar-refractivity contribution in [2.24, 2.45) is 10.9 Å². The Morgan fingerprint density at radius 3 is 2.31 bits per heavy atom. The van der Waals surface area contributed by atoms with Crippen LogP contribution in [0.3, 0.4) is 0 Å². The highest BCUT2D eigenvalue weighted by Crippen LogP contribution is 2.28. The molecule has 1 saturated carbocycles. The predicted octanol–water partition coefficient (Wildman–Crippen LogP) is 2.29. The number of hydrogen-bond acceptors (Lipinski definition) is 3. The highest BCUT2D eigenvalue weighted by atomic mass is 127. The molecule has 0 unspecified atom stereocenters. The number of nitrogens with zero attached hydrogens (tertiary/aromatic N) is 3. The summed E-state index contributed by atoms with van der Waals surface area (Å²) in [6.07, 6.45) is 9.76. The summed E-state index contributed by atoms with van der Waals surface area (Å²) in [6, 6.07) is 0. The molecule has 0 aromatic carbocycles. The minimum atomic E-state index is 0. The van der Waals surface area contributed by atoms with Crippen LogP contribution in [0, 0.1) is 5.92 Å². The average Bonchev–Trinajstić information content (AvgIpc) is 3.13. The first-order chi connectivity index (χ1) is 12.2. The Bertz CT molecular complexity index is 418. The summed E-state index contributed by atoms with van der Waals surface area (Å²) in [4.78, 5) is 20.0. The third-order valence-electron chi connectivity index (χ3n) is 5.57. The van der Waals surface area contributed by atoms with Gasteiger partial charge in [0, 0.05) is 59.8 Å². The molecule has 1 heterocycles. The number of unbranched alkanes of at least 4 members (excludes halogenated alkanes) is 1. The van der Waals surface area contributed by atoms with E-state index in [4.69, 9.17) is 0 Å². The van der Waals surface area contributed by atoms with Gasteiger partial charge in [-0.15, -0.1) is 24.0 Å². The Kier molecular flexibility index (Phi) is 12.3. The highest BCUT2D eigenvalue weighted by molar-refractivity contribution is 14.0. The molecule has 2 fully saturated rings. The number of amides is 1. The summed E-state index contributed by atoms with van der Waals surface area (Å²) < 4.78 is 0. The van der Waals surface area contributed by atoms with Gasteiger partial charge in [0.05, 0.1) is 0 Å². The lowest BCUT2D eigenvalue weighted by atomic mass is 10.0. The minimum absolute atomic E-state index is 0. The SMILES string of the molecule is CN=C(NCCCCC1CCCC1)NCCN1CCN(C(C)=O)CC1.I. The third kappa shape index (κ3) is 8.88. The lowest BCUT2D eigenvalue weighted by Gasteiger charge is -2.34. The van der Waals surface area contributed by atoms with Crippen molar-refractivity contribution < 1.29 is 4.79 Å². The maximum Gasteiger partial charge on any atom is 0.219 e. The minimum Gasteiger partial charge on any atom is -0.356 e. The van der Waals surface area contributed by atoms with Crippen LogP contribution in [0.5, 0.6) is 0 Å². The number of halogens is 1. The zero-order chi connectivity index (χ0) is 17.9. The van der Waals surface area contributed by atoms with Crippen LogP contribution < -0.4 is 10.6 Å². The standard InChI is InChI=1S/C19H37N5O.HI/c1-17(25)24-15-13-23(14-16-24)12-11-22-19(20-2)21-10-6-5-9-18-7-3-4-8-18;/h18H,3-16H2,1-2H3,(H2,20,21,22);1H. The summed E-state index contributed by atoms with van der Waals surface area (Å²) >= 11 is 0. The van der Waals surface area contributed by atoms with Crippen molar-refractivity contribution in [2.45, 2.75) is 51.9 Å². The molecular formula is C19H38IN5O. The zero-order valence-corrected chi connectivity index (χ0v) is 19.0. The van der Waals surface area contributed by atoms with E-state index in [0.29, 0.717) is 0 Å². The molecule has 1 aliphatic carbocycles. The normalized spacial score (nSPS) is 19.3. The van der Waals surface area contributed by atoms with E-state index in [1.165, 1.54) is 44.9 Å². The number of piperazine rings is 1. The molecule has 0 spiro atoms. The second kappa shape index (κ2) is 13.6. The molecule has 2 rings (SSSR count). The van der Waals surface area contributed by atoms with Crippen LogP contribution in [0.15, 0.2) is 4.99 Å². The van der Waals surface area contributed by atoms with Crippen LogP contribution in [0.1, 0.15) is 51.9 Å². The zero-order valence-electron chi connectivity index (χ0n) is 16.6. The van der Waals surface area contributed by atoms with Gasteiger partial charge in [0.25, 0.3) is 0 Å². The lowest BCUT2D eigenvalue weighted by molar-refractivity contribution is -0.130. The average molecular weight is 479 g/mol. The summed E-state index contributed by atoms with van der Waals surface area (Å²) in [6.45, 7) is 8.18. The van der Waals surface area contributed by atoms with Crippen LogP contribution in [0.2, 0.25) is 0 Å². The van der Waals surface area contributed by atoms with Crippen molar-refractivity contribution in [3.8, 4) is 0 Å². The van der Waals surface area contributed by atoms with Crippen LogP contribution in [-0.4, -0.2) is 74.5 Å². The maximum atomic E-state index is 11.3. The molecule has 7 heteroatoms. The van der Waals surface area contributed by atoms with Crippen molar-refractivity contribution in [3.63, 3.8) is 0 Å². The molecule has 6 nitrogen and oxygen atoms in total. The smallest absolute Gasteiger partial charge is 0.219 e. The fourth-order valence-corrected chi connectivity index (χ4v) is 3.90. The monoisotopic (exact) mass is 479 g/mol. The van der Waals surface area contributed by atoms with Crippen LogP contribution in [0.4, 0.5) is 0 Å². The van der Waals surface area contributed by atoms with Crippen LogP contribution in [0.25, 0.3) is 0 Å². The first-order valence-electron chi connectivity index (χ1n) is 10.1. The molecule has 0 aromatic heterocycles. The molecule has 1 aliphatic heterocycles. The molecule has 0 aromatic rings. The Labute approximate surface area is 176 Å². The van der Waals surface area contributed by atoms with Gasteiger partial charge in [0.1, 0.15) is 0 Å². The van der Waals surface area contributed by atoms with E-state index < -0.39 is 0 Å². The maximum absolute atomic E-state index is 11.3. The molecule has 0 radical (unpaired) electrons. The van der Waals surface area contributed by atoms with Gasteiger partial charge in [-0.2, -0.15) is 0 Å². The van der Waals surface area contributed by atoms with Crippen molar-refractivity contribution in [1.29, 1.82) is 0 Å². The fourth-order valence-electron chi connectivity index (χ4n) is 3.90. The fraction of sp³-hybridized carbons (Fsp3) is 0.895. The number of guanidine groups is 1. The van der Waals surface area contributed by atoms with E-state index in [1.54, 1.807) is 6.92 Å². The number of aliphatic imine (C=N–C) groups is 1. The van der Waals surface area contributed by atoms with E-state index in [0.717, 1.165) is 57.7 Å². The molecule has 26 heavy (non-hydrogen) atoms. The molecule has 0 bridgehead atoms. The number of hydrogen-bond donors (Lipinski definition) is 2. The topological polar surface area (TPSA) is 60.0 Å². The van der Waals surface area contributed by atoms with E-state index in [9.17, 15) is 4.79 Å². The molecule has 0 atom stereocenters. The molecular weight excluding hydrogens is 441 g/mol. The first-order valence-corrected chi connectivity index (χ1v) is 10.1. The molecule has 2 N–H and O–H groups in total. The van der Waals surface area contributed by atoms with Crippen molar-refractivity contribution in [2.75, 3.05) is 52.9 Å². The van der Waals surface area contributed by atoms with Crippen LogP contribution >= 0.6 is 24.0 Å². The van der Waals surface area contributed by atoms with Gasteiger partial charge in [0.15, 0.2) is 5.96 Å². The molecule has 1 saturated heterocycles. The Morgan fingerprint density at radius 1 is 1.04 bits per heavy atom. The Balaban J connectivity index is 0.00000338. The second-order valence-corrected chi connectivity index (χ2v) is 7.42. The number of rotatable bonds is 8. The number of nitrogens with one attached hydrogen (secondary N) is 2. The largest absolute Gasteiger partial charge is 0.356 e. The molecule has 2 aliphatic rings. The van der Waals surface area contributed by atoms with Crippen molar-refractivity contribution in [1.82, 2.24) is 20.4 Å². The van der Waals surface area contributed by atoms with Gasteiger partial charge in [-0.1, -0.05) is 38.5 Å². The number of carbonyl (C=O) groups is 1. The number of carbonyl (C=O) groups excluding carboxylic acids is 1. The molecule has 1 amide bonds. The van der Waals surface area contributed by atoms with Gasteiger partial charge < -0.3 is 15.5 Å². The van der Waals surface area contributed by atoms with Crippen molar-refractivity contribution >= 4 is 35.8 Å². The van der Waals surface area contributed by atoms with E-state index >= 15 is 0 Å². The highest BCUT2D eigenvalue weighted by Gasteiger charge is 2.18. The van der Waals surface area contributed by atoms with Gasteiger partial charge in [-0.25, -0.2) is 0 Å². The van der Waals surface area contributed by atoms with Crippen LogP contribution in [-0.2, 0) is 4.79 Å².